The van der Waals surface area contributed by atoms with Crippen LogP contribution < -0.4 is 5.56 Å². The van der Waals surface area contributed by atoms with E-state index >= 15 is 0 Å². The number of aromatic nitrogens is 1. The molecule has 0 spiro atoms. The van der Waals surface area contributed by atoms with Gasteiger partial charge in [0.25, 0.3) is 5.56 Å². The van der Waals surface area contributed by atoms with Gasteiger partial charge in [0.1, 0.15) is 0 Å². The molecule has 1 aromatic heterocycles. The van der Waals surface area contributed by atoms with Crippen LogP contribution >= 0.6 is 22.6 Å². The molecule has 0 aliphatic carbocycles. The quantitative estimate of drug-likeness (QED) is 0.449. The fourth-order valence-corrected chi connectivity index (χ4v) is 1.99. The molecule has 0 radical (unpaired) electrons. The molecule has 0 saturated carbocycles. The van der Waals surface area contributed by atoms with Gasteiger partial charge in [-0.25, -0.2) is 0 Å². The first-order chi connectivity index (χ1) is 8.15. The van der Waals surface area contributed by atoms with Gasteiger partial charge < -0.3 is 9.30 Å². The molecule has 1 rings (SSSR count). The van der Waals surface area contributed by atoms with Crippen LogP contribution in [0.25, 0.3) is 0 Å². The van der Waals surface area contributed by atoms with Gasteiger partial charge in [-0.1, -0.05) is 0 Å². The Bertz CT molecular complexity index is 428. The van der Waals surface area contributed by atoms with Crippen molar-refractivity contribution >= 4 is 28.6 Å². The summed E-state index contributed by atoms with van der Waals surface area (Å²) < 4.78 is 7.22. The van der Waals surface area contributed by atoms with Gasteiger partial charge in [0.15, 0.2) is 0 Å². The minimum Gasteiger partial charge on any atom is -0.466 e. The second-order valence-electron chi connectivity index (χ2n) is 3.62. The van der Waals surface area contributed by atoms with Gasteiger partial charge in [0.2, 0.25) is 0 Å². The van der Waals surface area contributed by atoms with E-state index in [2.05, 4.69) is 0 Å². The highest BCUT2D eigenvalue weighted by Crippen LogP contribution is 2.01. The molecule has 0 bridgehead atoms. The van der Waals surface area contributed by atoms with Crippen LogP contribution in [0.15, 0.2) is 23.1 Å². The largest absolute Gasteiger partial charge is 0.466 e. The molecule has 0 atom stereocenters. The maximum atomic E-state index is 11.7. The van der Waals surface area contributed by atoms with E-state index < -0.39 is 0 Å². The number of hydrogen-bond donors (Lipinski definition) is 0. The summed E-state index contributed by atoms with van der Waals surface area (Å²) in [4.78, 5) is 22.7. The van der Waals surface area contributed by atoms with Crippen molar-refractivity contribution in [2.45, 2.75) is 32.7 Å². The zero-order chi connectivity index (χ0) is 12.7. The van der Waals surface area contributed by atoms with E-state index in [0.29, 0.717) is 19.6 Å². The molecule has 5 heteroatoms. The molecule has 0 aliphatic rings. The number of ether oxygens (including phenoxy) is 1. The minimum atomic E-state index is -0.164. The van der Waals surface area contributed by atoms with E-state index in [0.717, 1.165) is 16.4 Å². The maximum Gasteiger partial charge on any atom is 0.305 e. The summed E-state index contributed by atoms with van der Waals surface area (Å²) in [6.45, 7) is 2.87. The number of unbranched alkanes of at least 4 members (excludes halogenated alkanes) is 1. The van der Waals surface area contributed by atoms with Crippen molar-refractivity contribution in [3.05, 3.63) is 32.3 Å². The fourth-order valence-electron chi connectivity index (χ4n) is 1.47. The molecule has 4 nitrogen and oxygen atoms in total. The van der Waals surface area contributed by atoms with Crippen LogP contribution in [-0.2, 0) is 16.1 Å². The Morgan fingerprint density at radius 1 is 1.47 bits per heavy atom. The number of esters is 1. The first kappa shape index (κ1) is 14.2. The van der Waals surface area contributed by atoms with Crippen molar-refractivity contribution in [3.63, 3.8) is 0 Å². The Hall–Kier alpha value is -0.850. The molecule has 0 amide bonds. The SMILES string of the molecule is CCOC(=O)CCCCn1cccc(I)c1=O. The average Bonchev–Trinajstić information content (AvgIpc) is 2.30. The zero-order valence-corrected chi connectivity index (χ0v) is 12.0. The van der Waals surface area contributed by atoms with Crippen molar-refractivity contribution in [1.82, 2.24) is 4.57 Å². The Labute approximate surface area is 114 Å². The van der Waals surface area contributed by atoms with Crippen molar-refractivity contribution in [2.75, 3.05) is 6.61 Å². The first-order valence-corrected chi connectivity index (χ1v) is 6.73. The van der Waals surface area contributed by atoms with Crippen LogP contribution in [0.2, 0.25) is 0 Å². The highest BCUT2D eigenvalue weighted by atomic mass is 127. The smallest absolute Gasteiger partial charge is 0.305 e. The lowest BCUT2D eigenvalue weighted by Crippen LogP contribution is -2.21. The molecular formula is C12H16INO3. The third-order valence-electron chi connectivity index (χ3n) is 2.31. The molecule has 0 saturated heterocycles. The summed E-state index contributed by atoms with van der Waals surface area (Å²) in [5.41, 5.74) is 0.0317. The zero-order valence-electron chi connectivity index (χ0n) is 9.82. The maximum absolute atomic E-state index is 11.7. The lowest BCUT2D eigenvalue weighted by molar-refractivity contribution is -0.143. The summed E-state index contributed by atoms with van der Waals surface area (Å²) in [6.07, 6.45) is 3.75. The summed E-state index contributed by atoms with van der Waals surface area (Å²) in [7, 11) is 0. The Morgan fingerprint density at radius 3 is 2.94 bits per heavy atom. The van der Waals surface area contributed by atoms with Crippen LogP contribution in [-0.4, -0.2) is 17.1 Å². The van der Waals surface area contributed by atoms with Crippen LogP contribution in [0.5, 0.6) is 0 Å². The topological polar surface area (TPSA) is 48.3 Å². The number of pyridine rings is 1. The number of aryl methyl sites for hydroxylation is 1. The number of carbonyl (C=O) groups is 1. The van der Waals surface area contributed by atoms with Gasteiger partial charge in [0.05, 0.1) is 10.2 Å². The van der Waals surface area contributed by atoms with E-state index in [1.54, 1.807) is 23.8 Å². The van der Waals surface area contributed by atoms with E-state index in [4.69, 9.17) is 4.74 Å². The van der Waals surface area contributed by atoms with E-state index in [9.17, 15) is 9.59 Å². The number of halogens is 1. The molecule has 0 unspecified atom stereocenters. The highest BCUT2D eigenvalue weighted by Gasteiger charge is 2.02. The molecule has 0 aromatic carbocycles. The molecule has 1 aromatic rings. The van der Waals surface area contributed by atoms with E-state index in [1.165, 1.54) is 0 Å². The Morgan fingerprint density at radius 2 is 2.24 bits per heavy atom. The van der Waals surface area contributed by atoms with Gasteiger partial charge >= 0.3 is 5.97 Å². The monoisotopic (exact) mass is 349 g/mol. The predicted molar refractivity (Wildman–Crippen MR) is 73.9 cm³/mol. The fraction of sp³-hybridized carbons (Fsp3) is 0.500. The predicted octanol–water partition coefficient (Wildman–Crippen LogP) is 2.19. The average molecular weight is 349 g/mol. The third-order valence-corrected chi connectivity index (χ3v) is 3.13. The Kier molecular flexibility index (Phi) is 6.25. The van der Waals surface area contributed by atoms with Crippen molar-refractivity contribution < 1.29 is 9.53 Å². The first-order valence-electron chi connectivity index (χ1n) is 5.65. The molecule has 0 N–H and O–H groups in total. The lowest BCUT2D eigenvalue weighted by Gasteiger charge is -2.05. The summed E-state index contributed by atoms with van der Waals surface area (Å²) in [5, 5.41) is 0. The van der Waals surface area contributed by atoms with Gasteiger partial charge in [-0.3, -0.25) is 9.59 Å². The summed E-state index contributed by atoms with van der Waals surface area (Å²) in [5.74, 6) is -0.164. The van der Waals surface area contributed by atoms with Gasteiger partial charge in [0, 0.05) is 19.2 Å². The standard InChI is InChI=1S/C12H16INO3/c1-2-17-11(15)7-3-4-8-14-9-5-6-10(13)12(14)16/h5-6,9H,2-4,7-8H2,1H3. The molecule has 0 fully saturated rings. The minimum absolute atomic E-state index is 0.0317. The third kappa shape index (κ3) is 4.89. The van der Waals surface area contributed by atoms with Gasteiger partial charge in [-0.05, 0) is 54.5 Å². The highest BCUT2D eigenvalue weighted by molar-refractivity contribution is 14.1. The van der Waals surface area contributed by atoms with Gasteiger partial charge in [-0.2, -0.15) is 0 Å². The summed E-state index contributed by atoms with van der Waals surface area (Å²) >= 11 is 2.03. The van der Waals surface area contributed by atoms with E-state index in [1.807, 2.05) is 28.7 Å². The van der Waals surface area contributed by atoms with Crippen molar-refractivity contribution in [2.24, 2.45) is 0 Å². The second-order valence-corrected chi connectivity index (χ2v) is 4.78. The van der Waals surface area contributed by atoms with Crippen LogP contribution in [0.4, 0.5) is 0 Å². The number of nitrogens with zero attached hydrogens (tertiary/aromatic N) is 1. The molecule has 94 valence electrons. The molecular weight excluding hydrogens is 333 g/mol. The number of carbonyl (C=O) groups excluding carboxylic acids is 1. The molecule has 1 heterocycles. The van der Waals surface area contributed by atoms with Crippen LogP contribution in [0, 0.1) is 3.57 Å². The van der Waals surface area contributed by atoms with Crippen molar-refractivity contribution in [3.8, 4) is 0 Å². The van der Waals surface area contributed by atoms with Crippen molar-refractivity contribution in [1.29, 1.82) is 0 Å². The molecule has 0 aliphatic heterocycles. The number of rotatable bonds is 6. The normalized spacial score (nSPS) is 10.2. The molecule has 17 heavy (non-hydrogen) atoms. The second kappa shape index (κ2) is 7.47. The number of hydrogen-bond acceptors (Lipinski definition) is 3. The van der Waals surface area contributed by atoms with Crippen LogP contribution in [0.1, 0.15) is 26.2 Å². The van der Waals surface area contributed by atoms with Crippen LogP contribution in [0.3, 0.4) is 0 Å². The summed E-state index contributed by atoms with van der Waals surface area (Å²) in [6, 6.07) is 3.65. The van der Waals surface area contributed by atoms with E-state index in [-0.39, 0.29) is 11.5 Å². The lowest BCUT2D eigenvalue weighted by atomic mass is 10.2. The Balaban J connectivity index is 2.34. The van der Waals surface area contributed by atoms with Gasteiger partial charge in [-0.15, -0.1) is 0 Å².